The fourth-order valence-electron chi connectivity index (χ4n) is 4.07. The Morgan fingerprint density at radius 1 is 1.15 bits per heavy atom. The lowest BCUT2D eigenvalue weighted by Gasteiger charge is -2.21. The summed E-state index contributed by atoms with van der Waals surface area (Å²) in [5, 5.41) is 8.67. The fraction of sp³-hybridized carbons (Fsp3) is 0.583. The highest BCUT2D eigenvalue weighted by Gasteiger charge is 2.23. The number of carbonyl (C=O) groups is 2. The third kappa shape index (κ3) is 6.98. The normalized spacial score (nSPS) is 16.0. The highest BCUT2D eigenvalue weighted by atomic mass is 32.1. The van der Waals surface area contributed by atoms with Crippen LogP contribution in [0.4, 0.5) is 0 Å². The van der Waals surface area contributed by atoms with Gasteiger partial charge in [-0.3, -0.25) is 14.4 Å². The van der Waals surface area contributed by atoms with Crippen LogP contribution in [-0.2, 0) is 11.3 Å². The maximum absolute atomic E-state index is 13.2. The summed E-state index contributed by atoms with van der Waals surface area (Å²) in [6, 6.07) is -0.309. The summed E-state index contributed by atoms with van der Waals surface area (Å²) >= 11 is 1.50. The lowest BCUT2D eigenvalue weighted by atomic mass is 9.96. The van der Waals surface area contributed by atoms with Gasteiger partial charge < -0.3 is 19.9 Å². The van der Waals surface area contributed by atoms with Crippen LogP contribution in [-0.4, -0.2) is 41.1 Å². The van der Waals surface area contributed by atoms with Gasteiger partial charge in [0.2, 0.25) is 5.43 Å². The molecular formula is C24H34N4O4S. The van der Waals surface area contributed by atoms with Gasteiger partial charge in [0.1, 0.15) is 11.1 Å². The minimum Gasteiger partial charge on any atom is -0.383 e. The molecule has 2 N–H and O–H groups in total. The van der Waals surface area contributed by atoms with Crippen molar-refractivity contribution in [1.29, 1.82) is 0 Å². The fourth-order valence-corrected chi connectivity index (χ4v) is 4.78. The number of nitrogens with one attached hydrogen (secondary N) is 2. The highest BCUT2D eigenvalue weighted by molar-refractivity contribution is 7.09. The van der Waals surface area contributed by atoms with Crippen LogP contribution in [0.15, 0.2) is 22.6 Å². The SMILES string of the molecule is COCCn1cc(C(=O)NC2CCCCCCC2)c(=O)c(C(=O)N[C@@H](C)c2csc(C)n2)c1. The molecule has 1 fully saturated rings. The van der Waals surface area contributed by atoms with Crippen molar-refractivity contribution < 1.29 is 14.3 Å². The molecule has 0 radical (unpaired) electrons. The van der Waals surface area contributed by atoms with E-state index in [1.54, 1.807) is 11.7 Å². The summed E-state index contributed by atoms with van der Waals surface area (Å²) in [7, 11) is 1.58. The molecule has 0 aliphatic heterocycles. The number of methoxy groups -OCH3 is 1. The summed E-state index contributed by atoms with van der Waals surface area (Å²) in [4.78, 5) is 43.7. The molecule has 1 aliphatic rings. The first-order chi connectivity index (χ1) is 15.9. The van der Waals surface area contributed by atoms with Crippen molar-refractivity contribution in [3.63, 3.8) is 0 Å². The van der Waals surface area contributed by atoms with E-state index in [2.05, 4.69) is 15.6 Å². The van der Waals surface area contributed by atoms with E-state index in [4.69, 9.17) is 4.74 Å². The van der Waals surface area contributed by atoms with Crippen LogP contribution in [0, 0.1) is 6.92 Å². The van der Waals surface area contributed by atoms with Crippen LogP contribution < -0.4 is 16.1 Å². The van der Waals surface area contributed by atoms with Crippen LogP contribution in [0.5, 0.6) is 0 Å². The Hall–Kier alpha value is -2.52. The number of hydrogen-bond acceptors (Lipinski definition) is 6. The van der Waals surface area contributed by atoms with Gasteiger partial charge in [0, 0.05) is 37.5 Å². The van der Waals surface area contributed by atoms with Gasteiger partial charge in [-0.1, -0.05) is 32.1 Å². The van der Waals surface area contributed by atoms with Crippen LogP contribution in [0.25, 0.3) is 0 Å². The van der Waals surface area contributed by atoms with Gasteiger partial charge >= 0.3 is 0 Å². The van der Waals surface area contributed by atoms with Gasteiger partial charge in [-0.2, -0.15) is 0 Å². The van der Waals surface area contributed by atoms with Gasteiger partial charge in [0.05, 0.1) is 23.4 Å². The smallest absolute Gasteiger partial charge is 0.257 e. The zero-order chi connectivity index (χ0) is 23.8. The number of carbonyl (C=O) groups excluding carboxylic acids is 2. The largest absolute Gasteiger partial charge is 0.383 e. The number of pyridine rings is 1. The van der Waals surface area contributed by atoms with Crippen molar-refractivity contribution in [1.82, 2.24) is 20.2 Å². The predicted molar refractivity (Wildman–Crippen MR) is 129 cm³/mol. The lowest BCUT2D eigenvalue weighted by Crippen LogP contribution is -2.40. The number of thiazole rings is 1. The molecule has 0 aromatic carbocycles. The van der Waals surface area contributed by atoms with Gasteiger partial charge in [-0.25, -0.2) is 4.98 Å². The molecule has 2 heterocycles. The summed E-state index contributed by atoms with van der Waals surface area (Å²) in [6.45, 7) is 4.53. The number of aryl methyl sites for hydroxylation is 1. The van der Waals surface area contributed by atoms with Gasteiger partial charge in [0.15, 0.2) is 0 Å². The Labute approximate surface area is 198 Å². The van der Waals surface area contributed by atoms with Crippen molar-refractivity contribution in [3.8, 4) is 0 Å². The Bertz CT molecular complexity index is 1010. The van der Waals surface area contributed by atoms with Crippen molar-refractivity contribution in [2.24, 2.45) is 0 Å². The van der Waals surface area contributed by atoms with E-state index in [1.165, 1.54) is 43.0 Å². The predicted octanol–water partition coefficient (Wildman–Crippen LogP) is 3.59. The van der Waals surface area contributed by atoms with Gasteiger partial charge in [0.25, 0.3) is 11.8 Å². The quantitative estimate of drug-likeness (QED) is 0.609. The molecule has 0 unspecified atom stereocenters. The van der Waals surface area contributed by atoms with E-state index in [0.717, 1.165) is 36.4 Å². The number of aromatic nitrogens is 2. The third-order valence-electron chi connectivity index (χ3n) is 5.99. The van der Waals surface area contributed by atoms with Crippen LogP contribution in [0.3, 0.4) is 0 Å². The van der Waals surface area contributed by atoms with Crippen molar-refractivity contribution >= 4 is 23.2 Å². The summed E-state index contributed by atoms with van der Waals surface area (Å²) < 4.78 is 6.81. The molecule has 1 atom stereocenters. The molecule has 0 spiro atoms. The first-order valence-corrected chi connectivity index (χ1v) is 12.5. The van der Waals surface area contributed by atoms with E-state index in [0.29, 0.717) is 13.2 Å². The first-order valence-electron chi connectivity index (χ1n) is 11.7. The van der Waals surface area contributed by atoms with E-state index >= 15 is 0 Å². The number of rotatable bonds is 8. The third-order valence-corrected chi connectivity index (χ3v) is 6.78. The lowest BCUT2D eigenvalue weighted by molar-refractivity contribution is 0.0928. The molecule has 1 aliphatic carbocycles. The average Bonchev–Trinajstić information content (AvgIpc) is 3.21. The van der Waals surface area contributed by atoms with Gasteiger partial charge in [-0.15, -0.1) is 11.3 Å². The maximum Gasteiger partial charge on any atom is 0.257 e. The average molecular weight is 475 g/mol. The highest BCUT2D eigenvalue weighted by Crippen LogP contribution is 2.18. The van der Waals surface area contributed by atoms with Crippen molar-refractivity contribution in [3.05, 3.63) is 49.8 Å². The zero-order valence-electron chi connectivity index (χ0n) is 19.7. The Kier molecular flexibility index (Phi) is 9.20. The number of nitrogens with zero attached hydrogens (tertiary/aromatic N) is 2. The first kappa shape index (κ1) is 25.1. The van der Waals surface area contributed by atoms with E-state index in [-0.39, 0.29) is 23.2 Å². The molecular weight excluding hydrogens is 440 g/mol. The second-order valence-corrected chi connectivity index (χ2v) is 9.71. The molecule has 9 heteroatoms. The molecule has 1 saturated carbocycles. The van der Waals surface area contributed by atoms with E-state index in [9.17, 15) is 14.4 Å². The summed E-state index contributed by atoms with van der Waals surface area (Å²) in [5.41, 5.74) is 0.100. The molecule has 180 valence electrons. The van der Waals surface area contributed by atoms with Crippen LogP contribution >= 0.6 is 11.3 Å². The second kappa shape index (κ2) is 12.1. The molecule has 33 heavy (non-hydrogen) atoms. The second-order valence-electron chi connectivity index (χ2n) is 8.65. The Balaban J connectivity index is 1.83. The molecule has 0 saturated heterocycles. The number of ether oxygens (including phenoxy) is 1. The Morgan fingerprint density at radius 3 is 2.39 bits per heavy atom. The summed E-state index contributed by atoms with van der Waals surface area (Å²) in [5.74, 6) is -0.945. The van der Waals surface area contributed by atoms with E-state index in [1.807, 2.05) is 19.2 Å². The van der Waals surface area contributed by atoms with E-state index < -0.39 is 17.2 Å². The molecule has 3 rings (SSSR count). The number of amides is 2. The molecule has 8 nitrogen and oxygen atoms in total. The molecule has 0 bridgehead atoms. The number of hydrogen-bond donors (Lipinski definition) is 2. The monoisotopic (exact) mass is 474 g/mol. The van der Waals surface area contributed by atoms with Crippen LogP contribution in [0.1, 0.15) is 89.3 Å². The summed E-state index contributed by atoms with van der Waals surface area (Å²) in [6.07, 6.45) is 10.5. The van der Waals surface area contributed by atoms with Gasteiger partial charge in [-0.05, 0) is 26.7 Å². The Morgan fingerprint density at radius 2 is 1.79 bits per heavy atom. The minimum absolute atomic E-state index is 0.0158. The zero-order valence-corrected chi connectivity index (χ0v) is 20.5. The standard InChI is InChI=1S/C24H34N4O4S/c1-16(21-15-33-17(2)26-21)25-23(30)19-13-28(11-12-32-3)14-20(22(19)29)24(31)27-18-9-7-5-4-6-8-10-18/h13-16,18H,4-12H2,1-3H3,(H,25,30)(H,27,31)/t16-/m0/s1. The topological polar surface area (TPSA) is 102 Å². The minimum atomic E-state index is -0.564. The van der Waals surface area contributed by atoms with Crippen LogP contribution in [0.2, 0.25) is 0 Å². The molecule has 2 aromatic heterocycles. The maximum atomic E-state index is 13.2. The van der Waals surface area contributed by atoms with Crippen molar-refractivity contribution in [2.45, 2.75) is 77.4 Å². The molecule has 2 aromatic rings. The van der Waals surface area contributed by atoms with Crippen molar-refractivity contribution in [2.75, 3.05) is 13.7 Å². The molecule has 2 amide bonds.